The Kier molecular flexibility index (Phi) is 4.70. The summed E-state index contributed by atoms with van der Waals surface area (Å²) in [5, 5.41) is 3.95. The Bertz CT molecular complexity index is 1020. The minimum atomic E-state index is -0.323. The van der Waals surface area contributed by atoms with Crippen LogP contribution in [0.3, 0.4) is 0 Å². The van der Waals surface area contributed by atoms with E-state index in [1.54, 1.807) is 6.07 Å². The fourth-order valence-corrected chi connectivity index (χ4v) is 3.22. The standard InChI is InChI=1S/C22H20O6/c23-22(26-12-17-10-24-17)19-6-2-4-15-7-20-14(8-21(15)19)3-1-5-16(20)9-27-28-13-18-11-25-18/h1-8,17-18H,9-13H2. The van der Waals surface area contributed by atoms with Crippen molar-refractivity contribution in [2.45, 2.75) is 18.8 Å². The van der Waals surface area contributed by atoms with E-state index in [-0.39, 0.29) is 18.2 Å². The van der Waals surface area contributed by atoms with Crippen LogP contribution in [0.4, 0.5) is 0 Å². The van der Waals surface area contributed by atoms with Gasteiger partial charge in [0.2, 0.25) is 0 Å². The molecule has 2 aliphatic rings. The van der Waals surface area contributed by atoms with E-state index in [2.05, 4.69) is 6.07 Å². The lowest BCUT2D eigenvalue weighted by Crippen LogP contribution is -2.10. The molecule has 0 N–H and O–H groups in total. The molecule has 0 amide bonds. The third-order valence-electron chi connectivity index (χ3n) is 4.95. The Morgan fingerprint density at radius 3 is 2.36 bits per heavy atom. The van der Waals surface area contributed by atoms with Crippen molar-refractivity contribution < 1.29 is 28.8 Å². The van der Waals surface area contributed by atoms with E-state index < -0.39 is 0 Å². The number of epoxide rings is 2. The Labute approximate surface area is 161 Å². The van der Waals surface area contributed by atoms with Gasteiger partial charge in [-0.2, -0.15) is 0 Å². The molecule has 0 aromatic heterocycles. The van der Waals surface area contributed by atoms with E-state index in [4.69, 9.17) is 24.0 Å². The number of ether oxygens (including phenoxy) is 3. The van der Waals surface area contributed by atoms with Gasteiger partial charge in [-0.1, -0.05) is 30.3 Å². The van der Waals surface area contributed by atoms with Gasteiger partial charge in [-0.15, -0.1) is 0 Å². The molecule has 3 aromatic rings. The molecule has 28 heavy (non-hydrogen) atoms. The normalized spacial score (nSPS) is 20.4. The largest absolute Gasteiger partial charge is 0.459 e. The SMILES string of the molecule is O=C(OCC1CO1)c1cccc2cc3c(COOCC4CO4)cccc3cc12. The van der Waals surface area contributed by atoms with E-state index in [1.165, 1.54) is 0 Å². The zero-order valence-electron chi connectivity index (χ0n) is 15.3. The molecule has 2 atom stereocenters. The molecule has 0 aliphatic carbocycles. The Morgan fingerprint density at radius 1 is 0.893 bits per heavy atom. The number of benzene rings is 3. The number of fused-ring (bicyclic) bond motifs is 2. The van der Waals surface area contributed by atoms with Gasteiger partial charge in [0.25, 0.3) is 0 Å². The van der Waals surface area contributed by atoms with Crippen LogP contribution < -0.4 is 0 Å². The predicted molar refractivity (Wildman–Crippen MR) is 102 cm³/mol. The van der Waals surface area contributed by atoms with Gasteiger partial charge in [0.1, 0.15) is 32.0 Å². The highest BCUT2D eigenvalue weighted by molar-refractivity contribution is 6.09. The van der Waals surface area contributed by atoms with Crippen molar-refractivity contribution in [3.63, 3.8) is 0 Å². The lowest BCUT2D eigenvalue weighted by Gasteiger charge is -2.11. The summed E-state index contributed by atoms with van der Waals surface area (Å²) in [6, 6.07) is 15.8. The zero-order valence-corrected chi connectivity index (χ0v) is 15.3. The second-order valence-electron chi connectivity index (χ2n) is 7.07. The third kappa shape index (κ3) is 3.86. The summed E-state index contributed by atoms with van der Waals surface area (Å²) in [4.78, 5) is 23.1. The second-order valence-corrected chi connectivity index (χ2v) is 7.07. The first-order chi connectivity index (χ1) is 13.8. The number of esters is 1. The summed E-state index contributed by atoms with van der Waals surface area (Å²) in [6.07, 6.45) is 0.220. The maximum absolute atomic E-state index is 12.5. The van der Waals surface area contributed by atoms with E-state index in [1.807, 2.05) is 36.4 Å². The molecule has 5 rings (SSSR count). The fraction of sp³-hybridized carbons (Fsp3) is 0.318. The molecule has 2 fully saturated rings. The maximum atomic E-state index is 12.5. The maximum Gasteiger partial charge on any atom is 0.338 e. The Hall–Kier alpha value is -2.51. The van der Waals surface area contributed by atoms with Crippen molar-refractivity contribution >= 4 is 27.5 Å². The number of carbonyl (C=O) groups is 1. The average Bonchev–Trinajstić information content (AvgIpc) is 3.62. The van der Waals surface area contributed by atoms with E-state index in [9.17, 15) is 4.79 Å². The number of hydrogen-bond acceptors (Lipinski definition) is 6. The molecule has 0 bridgehead atoms. The molecule has 6 heteroatoms. The molecular weight excluding hydrogens is 360 g/mol. The van der Waals surface area contributed by atoms with E-state index in [0.717, 1.165) is 33.7 Å². The van der Waals surface area contributed by atoms with Crippen LogP contribution in [0.1, 0.15) is 15.9 Å². The average molecular weight is 380 g/mol. The smallest absolute Gasteiger partial charge is 0.338 e. The molecule has 2 unspecified atom stereocenters. The monoisotopic (exact) mass is 380 g/mol. The minimum absolute atomic E-state index is 0.0519. The molecule has 2 heterocycles. The topological polar surface area (TPSA) is 69.8 Å². The van der Waals surface area contributed by atoms with Crippen LogP contribution in [0.2, 0.25) is 0 Å². The summed E-state index contributed by atoms with van der Waals surface area (Å²) in [7, 11) is 0. The van der Waals surface area contributed by atoms with E-state index in [0.29, 0.717) is 32.0 Å². The van der Waals surface area contributed by atoms with Crippen LogP contribution in [0.25, 0.3) is 21.5 Å². The van der Waals surface area contributed by atoms with Gasteiger partial charge in [-0.3, -0.25) is 0 Å². The molecule has 0 spiro atoms. The molecule has 0 radical (unpaired) electrons. The summed E-state index contributed by atoms with van der Waals surface area (Å²) >= 11 is 0. The highest BCUT2D eigenvalue weighted by Crippen LogP contribution is 2.29. The van der Waals surface area contributed by atoms with Crippen LogP contribution in [-0.4, -0.2) is 44.6 Å². The fourth-order valence-electron chi connectivity index (χ4n) is 3.22. The lowest BCUT2D eigenvalue weighted by atomic mass is 9.97. The molecule has 6 nitrogen and oxygen atoms in total. The molecule has 0 saturated carbocycles. The number of rotatable bonds is 8. The van der Waals surface area contributed by atoms with Crippen LogP contribution in [-0.2, 0) is 30.6 Å². The third-order valence-corrected chi connectivity index (χ3v) is 4.95. The minimum Gasteiger partial charge on any atom is -0.459 e. The number of carbonyl (C=O) groups excluding carboxylic acids is 1. The summed E-state index contributed by atoms with van der Waals surface area (Å²) in [5.74, 6) is -0.323. The van der Waals surface area contributed by atoms with Crippen molar-refractivity contribution in [1.29, 1.82) is 0 Å². The lowest BCUT2D eigenvalue weighted by molar-refractivity contribution is -0.305. The molecular formula is C22H20O6. The van der Waals surface area contributed by atoms with Crippen molar-refractivity contribution in [3.05, 3.63) is 59.7 Å². The van der Waals surface area contributed by atoms with Gasteiger partial charge in [0.15, 0.2) is 0 Å². The van der Waals surface area contributed by atoms with Crippen LogP contribution in [0.5, 0.6) is 0 Å². The highest BCUT2D eigenvalue weighted by Gasteiger charge is 2.25. The summed E-state index contributed by atoms with van der Waals surface area (Å²) < 4.78 is 15.6. The van der Waals surface area contributed by atoms with Crippen LogP contribution >= 0.6 is 0 Å². The molecule has 144 valence electrons. The molecule has 2 aliphatic heterocycles. The summed E-state index contributed by atoms with van der Waals surface area (Å²) in [6.45, 7) is 2.50. The molecule has 2 saturated heterocycles. The van der Waals surface area contributed by atoms with Gasteiger partial charge < -0.3 is 14.2 Å². The highest BCUT2D eigenvalue weighted by atomic mass is 17.2. The van der Waals surface area contributed by atoms with Crippen LogP contribution in [0.15, 0.2) is 48.5 Å². The molecule has 3 aromatic carbocycles. The first kappa shape index (κ1) is 17.6. The van der Waals surface area contributed by atoms with E-state index >= 15 is 0 Å². The van der Waals surface area contributed by atoms with Gasteiger partial charge in [-0.05, 0) is 45.3 Å². The Morgan fingerprint density at radius 2 is 1.57 bits per heavy atom. The van der Waals surface area contributed by atoms with Crippen molar-refractivity contribution in [3.8, 4) is 0 Å². The second kappa shape index (κ2) is 7.48. The van der Waals surface area contributed by atoms with Gasteiger partial charge in [-0.25, -0.2) is 14.6 Å². The predicted octanol–water partition coefficient (Wildman–Crippen LogP) is 3.40. The first-order valence-corrected chi connectivity index (χ1v) is 9.37. The zero-order chi connectivity index (χ0) is 18.9. The summed E-state index contributed by atoms with van der Waals surface area (Å²) in [5.41, 5.74) is 1.59. The van der Waals surface area contributed by atoms with Crippen LogP contribution in [0, 0.1) is 0 Å². The van der Waals surface area contributed by atoms with Gasteiger partial charge >= 0.3 is 5.97 Å². The van der Waals surface area contributed by atoms with Crippen molar-refractivity contribution in [2.24, 2.45) is 0 Å². The van der Waals surface area contributed by atoms with Crippen molar-refractivity contribution in [1.82, 2.24) is 0 Å². The quantitative estimate of drug-likeness (QED) is 0.149. The van der Waals surface area contributed by atoms with Crippen molar-refractivity contribution in [2.75, 3.05) is 26.4 Å². The van der Waals surface area contributed by atoms with Gasteiger partial charge in [0.05, 0.1) is 18.8 Å². The first-order valence-electron chi connectivity index (χ1n) is 9.37. The Balaban J connectivity index is 1.42. The number of hydrogen-bond donors (Lipinski definition) is 0. The van der Waals surface area contributed by atoms with Gasteiger partial charge in [0, 0.05) is 0 Å².